The van der Waals surface area contributed by atoms with Crippen molar-refractivity contribution in [3.63, 3.8) is 0 Å². The zero-order valence-corrected chi connectivity index (χ0v) is 18.7. The number of non-ortho nitro benzene ring substituents is 1. The fourth-order valence-electron chi connectivity index (χ4n) is 3.37. The van der Waals surface area contributed by atoms with Gasteiger partial charge in [-0.05, 0) is 30.3 Å². The summed E-state index contributed by atoms with van der Waals surface area (Å²) in [4.78, 5) is 40.0. The Morgan fingerprint density at radius 3 is 2.33 bits per heavy atom. The Bertz CT molecular complexity index is 1540. The van der Waals surface area contributed by atoms with Crippen LogP contribution < -0.4 is 5.56 Å². The van der Waals surface area contributed by atoms with Crippen molar-refractivity contribution in [2.24, 2.45) is 4.99 Å². The van der Waals surface area contributed by atoms with Gasteiger partial charge < -0.3 is 0 Å². The van der Waals surface area contributed by atoms with Crippen LogP contribution in [0.15, 0.2) is 82.6 Å². The number of ketones is 1. The van der Waals surface area contributed by atoms with Crippen LogP contribution in [0.1, 0.15) is 27.2 Å². The Labute approximate surface area is 205 Å². The normalized spacial score (nSPS) is 11.7. The summed E-state index contributed by atoms with van der Waals surface area (Å²) in [6.45, 7) is 0. The summed E-state index contributed by atoms with van der Waals surface area (Å²) in [5.41, 5.74) is -3.28. The first-order chi connectivity index (χ1) is 17.1. The first kappa shape index (κ1) is 24.6. The highest BCUT2D eigenvalue weighted by molar-refractivity contribution is 6.31. The average Bonchev–Trinajstić information content (AvgIpc) is 3.20. The number of rotatable bonds is 6. The zero-order chi connectivity index (χ0) is 26.0. The van der Waals surface area contributed by atoms with Crippen LogP contribution >= 0.6 is 11.6 Å². The Morgan fingerprint density at radius 1 is 1.06 bits per heavy atom. The first-order valence-corrected chi connectivity index (χ1v) is 10.5. The largest absolute Gasteiger partial charge is 0.433 e. The maximum absolute atomic E-state index is 13.7. The number of carbonyl (C=O) groups excluding carboxylic acids is 1. The van der Waals surface area contributed by atoms with Crippen LogP contribution in [0.25, 0.3) is 5.69 Å². The SMILES string of the molecule is O=C(c1ccccc1)c1cc(Cl)ccc1N=Cc1c(C(F)(F)F)[nH]n(-c2ccc([N+](=O)[O-])cc2)c1=O. The van der Waals surface area contributed by atoms with Gasteiger partial charge in [0.1, 0.15) is 0 Å². The molecule has 0 aliphatic heterocycles. The van der Waals surface area contributed by atoms with Crippen LogP contribution in [0.3, 0.4) is 0 Å². The molecule has 12 heteroatoms. The lowest BCUT2D eigenvalue weighted by Gasteiger charge is -2.06. The molecule has 0 radical (unpaired) electrons. The minimum atomic E-state index is -4.95. The summed E-state index contributed by atoms with van der Waals surface area (Å²) >= 11 is 6.02. The molecule has 1 N–H and O–H groups in total. The van der Waals surface area contributed by atoms with E-state index in [1.807, 2.05) is 5.10 Å². The maximum Gasteiger partial charge on any atom is 0.433 e. The smallest absolute Gasteiger partial charge is 0.289 e. The van der Waals surface area contributed by atoms with Gasteiger partial charge in [-0.3, -0.25) is 29.8 Å². The third-order valence-corrected chi connectivity index (χ3v) is 5.34. The van der Waals surface area contributed by atoms with Crippen LogP contribution in [0.2, 0.25) is 5.02 Å². The molecule has 0 aliphatic rings. The van der Waals surface area contributed by atoms with Gasteiger partial charge in [-0.25, -0.2) is 4.68 Å². The molecule has 182 valence electrons. The number of aliphatic imine (C=N–C) groups is 1. The van der Waals surface area contributed by atoms with Gasteiger partial charge in [0.25, 0.3) is 11.2 Å². The monoisotopic (exact) mass is 514 g/mol. The van der Waals surface area contributed by atoms with Gasteiger partial charge in [0.2, 0.25) is 0 Å². The lowest BCUT2D eigenvalue weighted by Crippen LogP contribution is -2.17. The molecule has 0 saturated carbocycles. The van der Waals surface area contributed by atoms with E-state index in [1.165, 1.54) is 18.2 Å². The number of hydrogen-bond donors (Lipinski definition) is 1. The summed E-state index contributed by atoms with van der Waals surface area (Å²) in [5, 5.41) is 13.1. The molecular weight excluding hydrogens is 501 g/mol. The van der Waals surface area contributed by atoms with Crippen molar-refractivity contribution in [3.05, 3.63) is 121 Å². The molecule has 1 heterocycles. The number of aromatic amines is 1. The van der Waals surface area contributed by atoms with E-state index in [9.17, 15) is 32.9 Å². The van der Waals surface area contributed by atoms with Gasteiger partial charge in [0.05, 0.1) is 21.9 Å². The highest BCUT2D eigenvalue weighted by Gasteiger charge is 2.37. The number of hydrogen-bond acceptors (Lipinski definition) is 5. The third-order valence-electron chi connectivity index (χ3n) is 5.10. The summed E-state index contributed by atoms with van der Waals surface area (Å²) < 4.78 is 41.8. The molecule has 3 aromatic carbocycles. The number of aromatic nitrogens is 2. The van der Waals surface area contributed by atoms with Gasteiger partial charge in [0, 0.05) is 34.5 Å². The van der Waals surface area contributed by atoms with Crippen LogP contribution in [0.4, 0.5) is 24.5 Å². The number of carbonyl (C=O) groups is 1. The van der Waals surface area contributed by atoms with Gasteiger partial charge in [0.15, 0.2) is 11.5 Å². The van der Waals surface area contributed by atoms with Crippen molar-refractivity contribution in [2.45, 2.75) is 6.18 Å². The molecule has 0 bridgehead atoms. The Balaban J connectivity index is 1.80. The molecule has 0 atom stereocenters. The van der Waals surface area contributed by atoms with E-state index in [1.54, 1.807) is 30.3 Å². The van der Waals surface area contributed by atoms with Crippen LogP contribution in [0.5, 0.6) is 0 Å². The van der Waals surface area contributed by atoms with E-state index in [0.717, 1.165) is 24.3 Å². The topological polar surface area (TPSA) is 110 Å². The molecule has 4 rings (SSSR count). The Hall–Kier alpha value is -4.51. The summed E-state index contributed by atoms with van der Waals surface area (Å²) in [6.07, 6.45) is -4.23. The van der Waals surface area contributed by atoms with E-state index in [0.29, 0.717) is 16.5 Å². The quantitative estimate of drug-likeness (QED) is 0.153. The predicted octanol–water partition coefficient (Wildman–Crippen LogP) is 5.73. The molecule has 1 aromatic heterocycles. The summed E-state index contributed by atoms with van der Waals surface area (Å²) in [7, 11) is 0. The van der Waals surface area contributed by atoms with Crippen molar-refractivity contribution in [1.29, 1.82) is 0 Å². The molecular formula is C24H14ClF3N4O4. The van der Waals surface area contributed by atoms with E-state index in [-0.39, 0.29) is 27.6 Å². The molecule has 8 nitrogen and oxygen atoms in total. The van der Waals surface area contributed by atoms with Crippen LogP contribution in [-0.4, -0.2) is 26.7 Å². The fraction of sp³-hybridized carbons (Fsp3) is 0.0417. The molecule has 0 spiro atoms. The third kappa shape index (κ3) is 4.96. The molecule has 0 fully saturated rings. The molecule has 0 aliphatic carbocycles. The van der Waals surface area contributed by atoms with E-state index in [2.05, 4.69) is 4.99 Å². The lowest BCUT2D eigenvalue weighted by molar-refractivity contribution is -0.384. The van der Waals surface area contributed by atoms with Gasteiger partial charge in [-0.1, -0.05) is 41.9 Å². The number of nitro groups is 1. The minimum Gasteiger partial charge on any atom is -0.289 e. The molecule has 0 unspecified atom stereocenters. The molecule has 36 heavy (non-hydrogen) atoms. The highest BCUT2D eigenvalue weighted by atomic mass is 35.5. The van der Waals surface area contributed by atoms with Gasteiger partial charge in [-0.2, -0.15) is 13.2 Å². The van der Waals surface area contributed by atoms with E-state index < -0.39 is 33.7 Å². The molecule has 0 amide bonds. The predicted molar refractivity (Wildman–Crippen MR) is 127 cm³/mol. The first-order valence-electron chi connectivity index (χ1n) is 10.2. The lowest BCUT2D eigenvalue weighted by atomic mass is 10.0. The second-order valence-corrected chi connectivity index (χ2v) is 7.86. The van der Waals surface area contributed by atoms with E-state index >= 15 is 0 Å². The van der Waals surface area contributed by atoms with Crippen molar-refractivity contribution in [3.8, 4) is 5.69 Å². The number of benzene rings is 3. The number of halogens is 4. The Morgan fingerprint density at radius 2 is 1.72 bits per heavy atom. The second-order valence-electron chi connectivity index (χ2n) is 7.43. The van der Waals surface area contributed by atoms with Crippen molar-refractivity contribution >= 4 is 35.0 Å². The zero-order valence-electron chi connectivity index (χ0n) is 18.0. The molecule has 4 aromatic rings. The van der Waals surface area contributed by atoms with Crippen LogP contribution in [-0.2, 0) is 6.18 Å². The Kier molecular flexibility index (Phi) is 6.58. The fourth-order valence-corrected chi connectivity index (χ4v) is 3.55. The van der Waals surface area contributed by atoms with E-state index in [4.69, 9.17) is 11.6 Å². The number of H-pyrrole nitrogens is 1. The number of nitrogens with one attached hydrogen (secondary N) is 1. The highest BCUT2D eigenvalue weighted by Crippen LogP contribution is 2.30. The van der Waals surface area contributed by atoms with Crippen molar-refractivity contribution < 1.29 is 22.9 Å². The number of alkyl halides is 3. The van der Waals surface area contributed by atoms with Crippen molar-refractivity contribution in [1.82, 2.24) is 9.78 Å². The number of nitrogens with zero attached hydrogens (tertiary/aromatic N) is 3. The number of nitro benzene ring substituents is 1. The average molecular weight is 515 g/mol. The second kappa shape index (κ2) is 9.62. The van der Waals surface area contributed by atoms with Gasteiger partial charge >= 0.3 is 6.18 Å². The summed E-state index contributed by atoms with van der Waals surface area (Å²) in [5.74, 6) is -0.460. The minimum absolute atomic E-state index is 0.00358. The van der Waals surface area contributed by atoms with Crippen LogP contribution in [0, 0.1) is 10.1 Å². The van der Waals surface area contributed by atoms with Gasteiger partial charge in [-0.15, -0.1) is 0 Å². The van der Waals surface area contributed by atoms with Crippen molar-refractivity contribution in [2.75, 3.05) is 0 Å². The summed E-state index contributed by atoms with van der Waals surface area (Å²) in [6, 6.07) is 16.6. The standard InChI is InChI=1S/C24H14ClF3N4O4/c25-15-6-11-20(18(12-15)21(33)14-4-2-1-3-5-14)29-13-19-22(24(26,27)28)30-31(23(19)34)16-7-9-17(10-8-16)32(35)36/h1-13,30H. The molecule has 0 saturated heterocycles. The maximum atomic E-state index is 13.7.